The van der Waals surface area contributed by atoms with Crippen LogP contribution in [0.25, 0.3) is 0 Å². The molecule has 0 radical (unpaired) electrons. The van der Waals surface area contributed by atoms with Crippen LogP contribution >= 0.6 is 0 Å². The Balaban J connectivity index is 2.08. The number of amides is 1. The lowest BCUT2D eigenvalue weighted by Gasteiger charge is -2.38. The Kier molecular flexibility index (Phi) is 4.10. The van der Waals surface area contributed by atoms with Gasteiger partial charge in [0.25, 0.3) is 0 Å². The van der Waals surface area contributed by atoms with E-state index in [1.54, 1.807) is 7.05 Å². The fourth-order valence-corrected chi connectivity index (χ4v) is 3.06. The van der Waals surface area contributed by atoms with Gasteiger partial charge in [-0.2, -0.15) is 0 Å². The first-order valence-corrected chi connectivity index (χ1v) is 6.82. The summed E-state index contributed by atoms with van der Waals surface area (Å²) in [6, 6.07) is -0.410. The fourth-order valence-electron chi connectivity index (χ4n) is 3.06. The summed E-state index contributed by atoms with van der Waals surface area (Å²) < 4.78 is 5.21. The van der Waals surface area contributed by atoms with Crippen LogP contribution in [0.3, 0.4) is 0 Å². The second kappa shape index (κ2) is 5.46. The number of carboxylic acids is 1. The summed E-state index contributed by atoms with van der Waals surface area (Å²) >= 11 is 0. The summed E-state index contributed by atoms with van der Waals surface area (Å²) in [6.45, 7) is 0.435. The first-order valence-electron chi connectivity index (χ1n) is 6.82. The molecule has 0 aromatic carbocycles. The van der Waals surface area contributed by atoms with Crippen molar-refractivity contribution in [3.05, 3.63) is 0 Å². The minimum absolute atomic E-state index is 0.144. The van der Waals surface area contributed by atoms with Crippen molar-refractivity contribution < 1.29 is 19.4 Å². The normalized spacial score (nSPS) is 30.0. The molecule has 2 fully saturated rings. The lowest BCUT2D eigenvalue weighted by molar-refractivity contribution is -0.146. The van der Waals surface area contributed by atoms with Gasteiger partial charge in [0, 0.05) is 7.05 Å². The van der Waals surface area contributed by atoms with E-state index in [2.05, 4.69) is 0 Å². The van der Waals surface area contributed by atoms with Crippen molar-refractivity contribution in [3.63, 3.8) is 0 Å². The molecular weight excluding hydrogens is 248 g/mol. The maximum Gasteiger partial charge on any atom is 0.311 e. The summed E-state index contributed by atoms with van der Waals surface area (Å²) in [7, 11) is 1.64. The number of rotatable bonds is 3. The van der Waals surface area contributed by atoms with E-state index in [1.165, 1.54) is 4.90 Å². The highest BCUT2D eigenvalue weighted by atomic mass is 16.5. The zero-order valence-electron chi connectivity index (χ0n) is 11.3. The van der Waals surface area contributed by atoms with Crippen LogP contribution in [0.4, 0.5) is 0 Å². The molecule has 0 aromatic heterocycles. The van der Waals surface area contributed by atoms with E-state index in [4.69, 9.17) is 15.6 Å². The van der Waals surface area contributed by atoms with E-state index in [9.17, 15) is 9.59 Å². The number of carbonyl (C=O) groups is 2. The molecule has 0 spiro atoms. The Hall–Kier alpha value is -1.14. The molecule has 108 valence electrons. The van der Waals surface area contributed by atoms with Gasteiger partial charge in [-0.15, -0.1) is 0 Å². The van der Waals surface area contributed by atoms with Crippen molar-refractivity contribution in [1.82, 2.24) is 4.90 Å². The predicted molar refractivity (Wildman–Crippen MR) is 68.5 cm³/mol. The number of nitrogens with zero attached hydrogens (tertiary/aromatic N) is 1. The van der Waals surface area contributed by atoms with Gasteiger partial charge in [0.1, 0.15) is 5.92 Å². The van der Waals surface area contributed by atoms with Gasteiger partial charge in [-0.05, 0) is 12.8 Å². The zero-order valence-corrected chi connectivity index (χ0v) is 11.3. The molecule has 1 saturated heterocycles. The van der Waals surface area contributed by atoms with E-state index in [1.807, 2.05) is 0 Å². The number of likely N-dealkylation sites (N-methyl/N-ethyl adjacent to an activating group) is 1. The van der Waals surface area contributed by atoms with Crippen LogP contribution in [0.2, 0.25) is 0 Å². The fraction of sp³-hybridized carbons (Fsp3) is 0.846. The van der Waals surface area contributed by atoms with E-state index >= 15 is 0 Å². The molecule has 19 heavy (non-hydrogen) atoms. The molecule has 0 aromatic rings. The van der Waals surface area contributed by atoms with Crippen molar-refractivity contribution in [1.29, 1.82) is 0 Å². The summed E-state index contributed by atoms with van der Waals surface area (Å²) in [6.07, 6.45) is 4.39. The lowest BCUT2D eigenvalue weighted by atomic mass is 9.81. The third-order valence-corrected chi connectivity index (χ3v) is 4.36. The number of hydrogen-bond donors (Lipinski definition) is 2. The summed E-state index contributed by atoms with van der Waals surface area (Å²) in [5, 5.41) is 9.14. The molecule has 3 N–H and O–H groups in total. The Morgan fingerprint density at radius 1 is 1.26 bits per heavy atom. The van der Waals surface area contributed by atoms with Gasteiger partial charge in [-0.1, -0.05) is 19.3 Å². The standard InChI is InChI=1S/C13H22N2O4/c1-15(10-8-19-7-9(10)11(16)17)12(18)13(14)5-3-2-4-6-13/h9-10H,2-8,14H2,1H3,(H,16,17). The first-order chi connectivity index (χ1) is 8.96. The first kappa shape index (κ1) is 14.3. The molecule has 6 nitrogen and oxygen atoms in total. The Morgan fingerprint density at radius 3 is 2.47 bits per heavy atom. The van der Waals surface area contributed by atoms with E-state index in [0.717, 1.165) is 19.3 Å². The molecule has 1 saturated carbocycles. The molecule has 1 aliphatic carbocycles. The monoisotopic (exact) mass is 270 g/mol. The topological polar surface area (TPSA) is 92.9 Å². The maximum absolute atomic E-state index is 12.5. The van der Waals surface area contributed by atoms with Crippen LogP contribution in [-0.2, 0) is 14.3 Å². The maximum atomic E-state index is 12.5. The van der Waals surface area contributed by atoms with Gasteiger partial charge < -0.3 is 20.5 Å². The minimum Gasteiger partial charge on any atom is -0.481 e. The second-order valence-corrected chi connectivity index (χ2v) is 5.68. The number of carbonyl (C=O) groups excluding carboxylic acids is 1. The third kappa shape index (κ3) is 2.74. The predicted octanol–water partition coefficient (Wildman–Crippen LogP) is 0.206. The van der Waals surface area contributed by atoms with Crippen molar-refractivity contribution >= 4 is 11.9 Å². The molecule has 0 bridgehead atoms. The van der Waals surface area contributed by atoms with E-state index in [0.29, 0.717) is 12.8 Å². The molecule has 2 aliphatic rings. The van der Waals surface area contributed by atoms with Gasteiger partial charge >= 0.3 is 5.97 Å². The number of nitrogens with two attached hydrogens (primary N) is 1. The van der Waals surface area contributed by atoms with Crippen molar-refractivity contribution in [2.75, 3.05) is 20.3 Å². The van der Waals surface area contributed by atoms with Gasteiger partial charge in [-0.3, -0.25) is 9.59 Å². The van der Waals surface area contributed by atoms with Gasteiger partial charge in [0.15, 0.2) is 0 Å². The Labute approximate surface area is 112 Å². The number of ether oxygens (including phenoxy) is 1. The minimum atomic E-state index is -0.920. The van der Waals surface area contributed by atoms with Crippen LogP contribution in [0, 0.1) is 5.92 Å². The van der Waals surface area contributed by atoms with E-state index in [-0.39, 0.29) is 19.1 Å². The van der Waals surface area contributed by atoms with Crippen LogP contribution in [0.15, 0.2) is 0 Å². The van der Waals surface area contributed by atoms with Crippen LogP contribution < -0.4 is 5.73 Å². The number of hydrogen-bond acceptors (Lipinski definition) is 4. The zero-order chi connectivity index (χ0) is 14.0. The summed E-state index contributed by atoms with van der Waals surface area (Å²) in [4.78, 5) is 25.2. The highest BCUT2D eigenvalue weighted by molar-refractivity contribution is 5.87. The quantitative estimate of drug-likeness (QED) is 0.764. The highest BCUT2D eigenvalue weighted by Crippen LogP contribution is 2.29. The second-order valence-electron chi connectivity index (χ2n) is 5.68. The SMILES string of the molecule is CN(C(=O)C1(N)CCCCC1)C1COCC1C(=O)O. The molecule has 2 rings (SSSR count). The molecular formula is C13H22N2O4. The smallest absolute Gasteiger partial charge is 0.311 e. The molecule has 1 heterocycles. The van der Waals surface area contributed by atoms with Gasteiger partial charge in [-0.25, -0.2) is 0 Å². The Morgan fingerprint density at radius 2 is 1.89 bits per heavy atom. The molecule has 2 atom stereocenters. The molecule has 1 amide bonds. The number of aliphatic carboxylic acids is 1. The summed E-state index contributed by atoms with van der Waals surface area (Å²) in [5.74, 6) is -1.72. The average molecular weight is 270 g/mol. The van der Waals surface area contributed by atoms with Crippen LogP contribution in [0.5, 0.6) is 0 Å². The van der Waals surface area contributed by atoms with Crippen molar-refractivity contribution in [2.45, 2.75) is 43.7 Å². The number of carboxylic acid groups (broad SMARTS) is 1. The van der Waals surface area contributed by atoms with Crippen molar-refractivity contribution in [2.24, 2.45) is 11.7 Å². The average Bonchev–Trinajstić information content (AvgIpc) is 2.87. The van der Waals surface area contributed by atoms with Gasteiger partial charge in [0.05, 0.1) is 24.8 Å². The Bertz CT molecular complexity index is 366. The molecule has 6 heteroatoms. The van der Waals surface area contributed by atoms with Crippen molar-refractivity contribution in [3.8, 4) is 0 Å². The molecule has 1 aliphatic heterocycles. The summed E-state index contributed by atoms with van der Waals surface area (Å²) in [5.41, 5.74) is 5.39. The lowest BCUT2D eigenvalue weighted by Crippen LogP contribution is -2.59. The van der Waals surface area contributed by atoms with Gasteiger partial charge in [0.2, 0.25) is 5.91 Å². The highest BCUT2D eigenvalue weighted by Gasteiger charge is 2.44. The van der Waals surface area contributed by atoms with Crippen LogP contribution in [-0.4, -0.2) is 53.7 Å². The third-order valence-electron chi connectivity index (χ3n) is 4.36. The molecule has 2 unspecified atom stereocenters. The van der Waals surface area contributed by atoms with E-state index < -0.39 is 23.5 Å². The largest absolute Gasteiger partial charge is 0.481 e. The van der Waals surface area contributed by atoms with Crippen LogP contribution in [0.1, 0.15) is 32.1 Å².